The first-order valence-corrected chi connectivity index (χ1v) is 8.30. The maximum absolute atomic E-state index is 12.5. The molecule has 1 aliphatic heterocycles. The SMILES string of the molecule is CCOC(=O)C1CCN(C(=O)/C(C#N)=C\Nc2ccc(C)nc2)CC1. The zero-order chi connectivity index (χ0) is 18.2. The predicted molar refractivity (Wildman–Crippen MR) is 92.2 cm³/mol. The molecule has 1 aromatic rings. The van der Waals surface area contributed by atoms with Gasteiger partial charge >= 0.3 is 5.97 Å². The molecule has 0 unspecified atom stereocenters. The standard InChI is InChI=1S/C18H22N4O3/c1-3-25-18(24)14-6-8-22(9-7-14)17(23)15(10-19)11-21-16-5-4-13(2)20-12-16/h4-5,11-12,14,21H,3,6-9H2,1-2H3/b15-11-. The number of nitrogens with one attached hydrogen (secondary N) is 1. The highest BCUT2D eigenvalue weighted by Gasteiger charge is 2.29. The van der Waals surface area contributed by atoms with Crippen LogP contribution in [-0.2, 0) is 14.3 Å². The summed E-state index contributed by atoms with van der Waals surface area (Å²) in [5.74, 6) is -0.716. The fourth-order valence-electron chi connectivity index (χ4n) is 2.60. The van der Waals surface area contributed by atoms with Crippen LogP contribution < -0.4 is 5.32 Å². The first-order valence-electron chi connectivity index (χ1n) is 8.30. The van der Waals surface area contributed by atoms with Crippen molar-refractivity contribution in [1.29, 1.82) is 5.26 Å². The molecule has 1 amide bonds. The molecule has 1 aliphatic rings. The lowest BCUT2D eigenvalue weighted by molar-refractivity contribution is -0.150. The summed E-state index contributed by atoms with van der Waals surface area (Å²) >= 11 is 0. The fourth-order valence-corrected chi connectivity index (χ4v) is 2.60. The Morgan fingerprint density at radius 3 is 2.72 bits per heavy atom. The van der Waals surface area contributed by atoms with Crippen LogP contribution in [0, 0.1) is 24.2 Å². The molecule has 0 atom stereocenters. The Hall–Kier alpha value is -2.88. The molecule has 1 aromatic heterocycles. The van der Waals surface area contributed by atoms with Crippen molar-refractivity contribution in [3.63, 3.8) is 0 Å². The Bertz CT molecular complexity index is 683. The van der Waals surface area contributed by atoms with E-state index in [-0.39, 0.29) is 23.4 Å². The molecule has 25 heavy (non-hydrogen) atoms. The Morgan fingerprint density at radius 2 is 2.16 bits per heavy atom. The molecule has 0 spiro atoms. The normalized spacial score (nSPS) is 15.4. The summed E-state index contributed by atoms with van der Waals surface area (Å²) in [5, 5.41) is 12.2. The average molecular weight is 342 g/mol. The van der Waals surface area contributed by atoms with Crippen LogP contribution in [0.1, 0.15) is 25.5 Å². The van der Waals surface area contributed by atoms with Gasteiger partial charge in [0, 0.05) is 25.0 Å². The van der Waals surface area contributed by atoms with Gasteiger partial charge in [-0.05, 0) is 38.8 Å². The van der Waals surface area contributed by atoms with Gasteiger partial charge in [0.1, 0.15) is 11.6 Å². The molecule has 2 rings (SSSR count). The van der Waals surface area contributed by atoms with E-state index < -0.39 is 0 Å². The number of ether oxygens (including phenoxy) is 1. The first kappa shape index (κ1) is 18.5. The van der Waals surface area contributed by atoms with Crippen molar-refractivity contribution in [2.75, 3.05) is 25.0 Å². The molecular weight excluding hydrogens is 320 g/mol. The fraction of sp³-hybridized carbons (Fsp3) is 0.444. The van der Waals surface area contributed by atoms with Crippen molar-refractivity contribution in [1.82, 2.24) is 9.88 Å². The molecular formula is C18H22N4O3. The molecule has 0 radical (unpaired) electrons. The van der Waals surface area contributed by atoms with Gasteiger partial charge in [-0.3, -0.25) is 14.6 Å². The van der Waals surface area contributed by atoms with Crippen molar-refractivity contribution >= 4 is 17.6 Å². The molecule has 0 bridgehead atoms. The quantitative estimate of drug-likeness (QED) is 0.500. The van der Waals surface area contributed by atoms with E-state index in [4.69, 9.17) is 4.74 Å². The number of aryl methyl sites for hydroxylation is 1. The van der Waals surface area contributed by atoms with Gasteiger partial charge in [-0.1, -0.05) is 0 Å². The zero-order valence-electron chi connectivity index (χ0n) is 14.5. The summed E-state index contributed by atoms with van der Waals surface area (Å²) in [6.07, 6.45) is 4.14. The van der Waals surface area contributed by atoms with E-state index in [0.717, 1.165) is 5.69 Å². The van der Waals surface area contributed by atoms with Gasteiger partial charge in [-0.2, -0.15) is 5.26 Å². The molecule has 2 heterocycles. The van der Waals surface area contributed by atoms with E-state index in [1.54, 1.807) is 18.0 Å². The second-order valence-corrected chi connectivity index (χ2v) is 5.82. The highest BCUT2D eigenvalue weighted by atomic mass is 16.5. The van der Waals surface area contributed by atoms with Gasteiger partial charge in [0.25, 0.3) is 5.91 Å². The smallest absolute Gasteiger partial charge is 0.309 e. The van der Waals surface area contributed by atoms with E-state index in [1.165, 1.54) is 6.20 Å². The maximum Gasteiger partial charge on any atom is 0.309 e. The number of nitrogens with zero attached hydrogens (tertiary/aromatic N) is 3. The minimum absolute atomic E-state index is 0.0233. The van der Waals surface area contributed by atoms with E-state index in [0.29, 0.717) is 38.2 Å². The largest absolute Gasteiger partial charge is 0.466 e. The minimum Gasteiger partial charge on any atom is -0.466 e. The van der Waals surface area contributed by atoms with E-state index >= 15 is 0 Å². The number of pyridine rings is 1. The predicted octanol–water partition coefficient (Wildman–Crippen LogP) is 2.01. The Morgan fingerprint density at radius 1 is 1.44 bits per heavy atom. The molecule has 0 aliphatic carbocycles. The highest BCUT2D eigenvalue weighted by Crippen LogP contribution is 2.20. The second kappa shape index (κ2) is 8.83. The number of hydrogen-bond donors (Lipinski definition) is 1. The molecule has 1 N–H and O–H groups in total. The van der Waals surface area contributed by atoms with Crippen molar-refractivity contribution in [2.24, 2.45) is 5.92 Å². The van der Waals surface area contributed by atoms with Crippen LogP contribution in [0.4, 0.5) is 5.69 Å². The number of piperidine rings is 1. The molecule has 1 fully saturated rings. The Kier molecular flexibility index (Phi) is 6.52. The lowest BCUT2D eigenvalue weighted by Crippen LogP contribution is -2.41. The number of carbonyl (C=O) groups excluding carboxylic acids is 2. The number of hydrogen-bond acceptors (Lipinski definition) is 6. The van der Waals surface area contributed by atoms with Crippen molar-refractivity contribution in [3.8, 4) is 6.07 Å². The van der Waals surface area contributed by atoms with Crippen LogP contribution in [0.5, 0.6) is 0 Å². The number of carbonyl (C=O) groups is 2. The summed E-state index contributed by atoms with van der Waals surface area (Å²) in [6.45, 7) is 4.89. The third kappa shape index (κ3) is 5.05. The monoisotopic (exact) mass is 342 g/mol. The first-order chi connectivity index (χ1) is 12.0. The van der Waals surface area contributed by atoms with Gasteiger partial charge in [-0.15, -0.1) is 0 Å². The van der Waals surface area contributed by atoms with Crippen molar-refractivity contribution in [3.05, 3.63) is 35.8 Å². The van der Waals surface area contributed by atoms with Crippen molar-refractivity contribution in [2.45, 2.75) is 26.7 Å². The van der Waals surface area contributed by atoms with Gasteiger partial charge in [0.15, 0.2) is 0 Å². The number of esters is 1. The van der Waals surface area contributed by atoms with Gasteiger partial charge in [0.05, 0.1) is 24.4 Å². The second-order valence-electron chi connectivity index (χ2n) is 5.82. The topological polar surface area (TPSA) is 95.3 Å². The average Bonchev–Trinajstić information content (AvgIpc) is 2.64. The van der Waals surface area contributed by atoms with Crippen LogP contribution >= 0.6 is 0 Å². The third-order valence-electron chi connectivity index (χ3n) is 4.05. The third-order valence-corrected chi connectivity index (χ3v) is 4.05. The van der Waals surface area contributed by atoms with E-state index in [1.807, 2.05) is 25.1 Å². The molecule has 7 heteroatoms. The van der Waals surface area contributed by atoms with Crippen LogP contribution in [-0.4, -0.2) is 41.5 Å². The molecule has 1 saturated heterocycles. The maximum atomic E-state index is 12.5. The summed E-state index contributed by atoms with van der Waals surface area (Å²) in [6, 6.07) is 5.59. The van der Waals surface area contributed by atoms with Crippen LogP contribution in [0.25, 0.3) is 0 Å². The number of likely N-dealkylation sites (tertiary alicyclic amines) is 1. The Balaban J connectivity index is 1.94. The summed E-state index contributed by atoms with van der Waals surface area (Å²) < 4.78 is 5.02. The molecule has 7 nitrogen and oxygen atoms in total. The molecule has 0 saturated carbocycles. The summed E-state index contributed by atoms with van der Waals surface area (Å²) in [5.41, 5.74) is 1.61. The van der Waals surface area contributed by atoms with E-state index in [9.17, 15) is 14.9 Å². The number of anilines is 1. The summed E-state index contributed by atoms with van der Waals surface area (Å²) in [4.78, 5) is 30.0. The number of aromatic nitrogens is 1. The Labute approximate surface area is 147 Å². The zero-order valence-corrected chi connectivity index (χ0v) is 14.5. The van der Waals surface area contributed by atoms with Crippen LogP contribution in [0.3, 0.4) is 0 Å². The van der Waals surface area contributed by atoms with Crippen molar-refractivity contribution < 1.29 is 14.3 Å². The lowest BCUT2D eigenvalue weighted by Gasteiger charge is -2.30. The van der Waals surface area contributed by atoms with E-state index in [2.05, 4.69) is 10.3 Å². The number of amides is 1. The van der Waals surface area contributed by atoms with Gasteiger partial charge < -0.3 is 15.0 Å². The molecule has 132 valence electrons. The van der Waals surface area contributed by atoms with Gasteiger partial charge in [0.2, 0.25) is 0 Å². The number of nitriles is 1. The lowest BCUT2D eigenvalue weighted by atomic mass is 9.96. The molecule has 0 aromatic carbocycles. The van der Waals surface area contributed by atoms with Gasteiger partial charge in [-0.25, -0.2) is 0 Å². The van der Waals surface area contributed by atoms with Crippen LogP contribution in [0.2, 0.25) is 0 Å². The van der Waals surface area contributed by atoms with Crippen LogP contribution in [0.15, 0.2) is 30.1 Å². The number of rotatable bonds is 5. The highest BCUT2D eigenvalue weighted by molar-refractivity contribution is 5.97. The summed E-state index contributed by atoms with van der Waals surface area (Å²) in [7, 11) is 0. The minimum atomic E-state index is -0.336.